The van der Waals surface area contributed by atoms with Crippen molar-refractivity contribution in [2.45, 2.75) is 34.1 Å². The van der Waals surface area contributed by atoms with E-state index in [1.165, 1.54) is 11.1 Å². The van der Waals surface area contributed by atoms with Crippen molar-refractivity contribution in [3.8, 4) is 5.75 Å². The van der Waals surface area contributed by atoms with Gasteiger partial charge in [0.15, 0.2) is 0 Å². The maximum Gasteiger partial charge on any atom is 0.303 e. The van der Waals surface area contributed by atoms with Gasteiger partial charge < -0.3 is 15.2 Å². The van der Waals surface area contributed by atoms with E-state index in [9.17, 15) is 4.79 Å². The molecule has 0 spiro atoms. The molecule has 0 saturated heterocycles. The first-order valence-corrected chi connectivity index (χ1v) is 6.36. The summed E-state index contributed by atoms with van der Waals surface area (Å²) in [7, 11) is 1.64. The quantitative estimate of drug-likeness (QED) is 0.829. The zero-order valence-corrected chi connectivity index (χ0v) is 12.3. The summed E-state index contributed by atoms with van der Waals surface area (Å²) < 4.78 is 5.35. The molecule has 1 aromatic carbocycles. The molecular weight excluding hydrogens is 242 g/mol. The summed E-state index contributed by atoms with van der Waals surface area (Å²) in [5.74, 6) is 0.00748. The molecule has 106 valence electrons. The minimum atomic E-state index is -0.779. The van der Waals surface area contributed by atoms with Crippen molar-refractivity contribution in [3.05, 3.63) is 23.3 Å². The normalized spacial score (nSPS) is 11.2. The van der Waals surface area contributed by atoms with Crippen molar-refractivity contribution in [1.29, 1.82) is 0 Å². The molecule has 0 aliphatic rings. The van der Waals surface area contributed by atoms with Gasteiger partial charge in [-0.1, -0.05) is 13.8 Å². The van der Waals surface area contributed by atoms with Crippen LogP contribution in [0.4, 0.5) is 5.69 Å². The fourth-order valence-corrected chi connectivity index (χ4v) is 1.90. The second kappa shape index (κ2) is 5.95. The molecule has 0 heterocycles. The summed E-state index contributed by atoms with van der Waals surface area (Å²) in [6, 6.07) is 4.02. The van der Waals surface area contributed by atoms with Gasteiger partial charge in [0.05, 0.1) is 19.2 Å². The van der Waals surface area contributed by atoms with E-state index in [4.69, 9.17) is 9.84 Å². The minimum Gasteiger partial charge on any atom is -0.495 e. The Hall–Kier alpha value is -1.71. The Morgan fingerprint density at radius 3 is 2.42 bits per heavy atom. The molecule has 19 heavy (non-hydrogen) atoms. The van der Waals surface area contributed by atoms with E-state index in [0.717, 1.165) is 11.4 Å². The summed E-state index contributed by atoms with van der Waals surface area (Å²) in [6.07, 6.45) is 0.132. The first-order valence-electron chi connectivity index (χ1n) is 6.36. The number of rotatable bonds is 6. The van der Waals surface area contributed by atoms with Gasteiger partial charge in [-0.2, -0.15) is 0 Å². The first-order chi connectivity index (χ1) is 8.75. The predicted octanol–water partition coefficient (Wildman–Crippen LogP) is 3.22. The molecule has 0 unspecified atom stereocenters. The van der Waals surface area contributed by atoms with E-state index in [1.807, 2.05) is 39.8 Å². The van der Waals surface area contributed by atoms with Gasteiger partial charge in [0.2, 0.25) is 0 Å². The topological polar surface area (TPSA) is 58.6 Å². The highest BCUT2D eigenvalue weighted by Crippen LogP contribution is 2.30. The van der Waals surface area contributed by atoms with E-state index >= 15 is 0 Å². The van der Waals surface area contributed by atoms with Gasteiger partial charge in [0, 0.05) is 6.54 Å². The third kappa shape index (κ3) is 4.47. The molecule has 0 saturated carbocycles. The smallest absolute Gasteiger partial charge is 0.303 e. The van der Waals surface area contributed by atoms with E-state index in [1.54, 1.807) is 7.11 Å². The Kier molecular flexibility index (Phi) is 4.81. The monoisotopic (exact) mass is 265 g/mol. The van der Waals surface area contributed by atoms with Crippen LogP contribution >= 0.6 is 0 Å². The molecule has 0 aliphatic heterocycles. The van der Waals surface area contributed by atoms with Gasteiger partial charge in [-0.3, -0.25) is 4.79 Å². The largest absolute Gasteiger partial charge is 0.495 e. The fraction of sp³-hybridized carbons (Fsp3) is 0.533. The van der Waals surface area contributed by atoms with Gasteiger partial charge in [0.25, 0.3) is 0 Å². The lowest BCUT2D eigenvalue weighted by atomic mass is 9.89. The maximum absolute atomic E-state index is 10.8. The number of carboxylic acids is 1. The van der Waals surface area contributed by atoms with Crippen molar-refractivity contribution in [3.63, 3.8) is 0 Å². The van der Waals surface area contributed by atoms with Gasteiger partial charge in [0.1, 0.15) is 5.75 Å². The van der Waals surface area contributed by atoms with Crippen molar-refractivity contribution >= 4 is 11.7 Å². The van der Waals surface area contributed by atoms with Gasteiger partial charge >= 0.3 is 5.97 Å². The van der Waals surface area contributed by atoms with Crippen molar-refractivity contribution in [2.75, 3.05) is 19.0 Å². The Morgan fingerprint density at radius 2 is 1.89 bits per heavy atom. The summed E-state index contributed by atoms with van der Waals surface area (Å²) in [4.78, 5) is 10.8. The Balaban J connectivity index is 2.82. The Bertz CT molecular complexity index is 467. The van der Waals surface area contributed by atoms with Gasteiger partial charge in [-0.15, -0.1) is 0 Å². The number of aliphatic carboxylic acids is 1. The second-order valence-corrected chi connectivity index (χ2v) is 5.73. The molecular formula is C15H23NO3. The van der Waals surface area contributed by atoms with Crippen molar-refractivity contribution < 1.29 is 14.6 Å². The summed E-state index contributed by atoms with van der Waals surface area (Å²) in [6.45, 7) is 8.53. The molecule has 0 radical (unpaired) electrons. The Morgan fingerprint density at radius 1 is 1.32 bits per heavy atom. The Labute approximate surface area is 114 Å². The number of ether oxygens (including phenoxy) is 1. The summed E-state index contributed by atoms with van der Waals surface area (Å²) in [5, 5.41) is 12.2. The van der Waals surface area contributed by atoms with E-state index in [0.29, 0.717) is 6.54 Å². The van der Waals surface area contributed by atoms with Crippen LogP contribution in [0.15, 0.2) is 12.1 Å². The second-order valence-electron chi connectivity index (χ2n) is 5.73. The fourth-order valence-electron chi connectivity index (χ4n) is 1.90. The number of anilines is 1. The number of hydrogen-bond acceptors (Lipinski definition) is 3. The molecule has 4 heteroatoms. The molecule has 0 aliphatic carbocycles. The molecule has 1 aromatic rings. The van der Waals surface area contributed by atoms with E-state index < -0.39 is 5.97 Å². The minimum absolute atomic E-state index is 0.132. The third-order valence-corrected chi connectivity index (χ3v) is 3.20. The third-order valence-electron chi connectivity index (χ3n) is 3.20. The molecule has 0 aromatic heterocycles. The van der Waals surface area contributed by atoms with Crippen LogP contribution in [0.3, 0.4) is 0 Å². The first kappa shape index (κ1) is 15.3. The highest BCUT2D eigenvalue weighted by atomic mass is 16.5. The molecule has 2 N–H and O–H groups in total. The maximum atomic E-state index is 10.8. The van der Waals surface area contributed by atoms with Crippen LogP contribution in [-0.2, 0) is 4.79 Å². The SMILES string of the molecule is COc1cc(C)c(C)cc1NCC(C)(C)CC(=O)O. The average Bonchev–Trinajstić information content (AvgIpc) is 2.28. The van der Waals surface area contributed by atoms with E-state index in [2.05, 4.69) is 5.32 Å². The zero-order chi connectivity index (χ0) is 14.6. The van der Waals surface area contributed by atoms with Crippen LogP contribution in [0.2, 0.25) is 0 Å². The predicted molar refractivity (Wildman–Crippen MR) is 77.0 cm³/mol. The summed E-state index contributed by atoms with van der Waals surface area (Å²) in [5.41, 5.74) is 2.95. The van der Waals surface area contributed by atoms with Crippen molar-refractivity contribution in [1.82, 2.24) is 0 Å². The average molecular weight is 265 g/mol. The lowest BCUT2D eigenvalue weighted by Gasteiger charge is -2.24. The van der Waals surface area contributed by atoms with Gasteiger partial charge in [-0.25, -0.2) is 0 Å². The highest BCUT2D eigenvalue weighted by molar-refractivity contribution is 5.68. The lowest BCUT2D eigenvalue weighted by molar-refractivity contribution is -0.139. The molecule has 0 atom stereocenters. The molecule has 1 rings (SSSR count). The van der Waals surface area contributed by atoms with Crippen LogP contribution in [-0.4, -0.2) is 24.7 Å². The van der Waals surface area contributed by atoms with Crippen LogP contribution in [0.1, 0.15) is 31.4 Å². The highest BCUT2D eigenvalue weighted by Gasteiger charge is 2.22. The lowest BCUT2D eigenvalue weighted by Crippen LogP contribution is -2.26. The number of hydrogen-bond donors (Lipinski definition) is 2. The van der Waals surface area contributed by atoms with Crippen LogP contribution in [0.5, 0.6) is 5.75 Å². The molecule has 4 nitrogen and oxygen atoms in total. The molecule has 0 amide bonds. The number of carboxylic acid groups (broad SMARTS) is 1. The van der Waals surface area contributed by atoms with Crippen LogP contribution in [0, 0.1) is 19.3 Å². The van der Waals surface area contributed by atoms with E-state index in [-0.39, 0.29) is 11.8 Å². The number of benzene rings is 1. The number of aryl methyl sites for hydroxylation is 2. The van der Waals surface area contributed by atoms with Crippen LogP contribution in [0.25, 0.3) is 0 Å². The molecule has 0 bridgehead atoms. The standard InChI is InChI=1S/C15H23NO3/c1-10-6-12(13(19-5)7-11(10)2)16-9-15(3,4)8-14(17)18/h6-7,16H,8-9H2,1-5H3,(H,17,18). The number of carbonyl (C=O) groups is 1. The molecule has 0 fully saturated rings. The van der Waals surface area contributed by atoms with Gasteiger partial charge in [-0.05, 0) is 42.5 Å². The number of nitrogens with one attached hydrogen (secondary N) is 1. The summed E-state index contributed by atoms with van der Waals surface area (Å²) >= 11 is 0. The van der Waals surface area contributed by atoms with Crippen LogP contribution < -0.4 is 10.1 Å². The van der Waals surface area contributed by atoms with Crippen molar-refractivity contribution in [2.24, 2.45) is 5.41 Å². The number of methoxy groups -OCH3 is 1. The zero-order valence-electron chi connectivity index (χ0n) is 12.3.